The van der Waals surface area contributed by atoms with Gasteiger partial charge in [0.05, 0.1) is 17.3 Å². The number of fused-ring (bicyclic) bond motifs is 1. The third kappa shape index (κ3) is 4.30. The average molecular weight is 428 g/mol. The quantitative estimate of drug-likeness (QED) is 0.566. The maximum atomic E-state index is 13.8. The number of hydrogen-bond donors (Lipinski definition) is 2. The minimum absolute atomic E-state index is 0.0597. The minimum atomic E-state index is -0.522. The molecule has 1 heterocycles. The Bertz CT molecular complexity index is 1250. The fourth-order valence-corrected chi connectivity index (χ4v) is 3.93. The highest BCUT2D eigenvalue weighted by Crippen LogP contribution is 2.32. The van der Waals surface area contributed by atoms with Gasteiger partial charge in [0.15, 0.2) is 5.78 Å². The number of ketones is 1. The van der Waals surface area contributed by atoms with Gasteiger partial charge in [0.25, 0.3) is 0 Å². The molecule has 2 N–H and O–H groups in total. The third-order valence-electron chi connectivity index (χ3n) is 5.48. The van der Waals surface area contributed by atoms with Gasteiger partial charge in [-0.2, -0.15) is 5.26 Å². The molecular formula is C25H21FN4O2. The molecule has 6 nitrogen and oxygen atoms in total. The summed E-state index contributed by atoms with van der Waals surface area (Å²) in [6.07, 6.45) is 0.639. The monoisotopic (exact) mass is 428 g/mol. The fraction of sp³-hybridized carbons (Fsp3) is 0.160. The van der Waals surface area contributed by atoms with Gasteiger partial charge in [-0.1, -0.05) is 24.3 Å². The molecule has 7 heteroatoms. The molecule has 1 aliphatic heterocycles. The van der Waals surface area contributed by atoms with E-state index in [9.17, 15) is 19.2 Å². The van der Waals surface area contributed by atoms with Gasteiger partial charge in [0.1, 0.15) is 5.82 Å². The number of anilines is 3. The number of amides is 2. The molecule has 1 aliphatic rings. The molecule has 4 rings (SSSR count). The Labute approximate surface area is 185 Å². The molecule has 32 heavy (non-hydrogen) atoms. The number of Topliss-reactive ketones (excluding diaryl/α,β-unsaturated/α-hetero) is 1. The van der Waals surface area contributed by atoms with E-state index in [0.29, 0.717) is 36.3 Å². The number of nitrogens with one attached hydrogen (secondary N) is 2. The van der Waals surface area contributed by atoms with Crippen LogP contribution in [0.2, 0.25) is 0 Å². The molecule has 0 saturated carbocycles. The average Bonchev–Trinajstić information content (AvgIpc) is 2.80. The largest absolute Gasteiger partial charge is 0.366 e. The topological polar surface area (TPSA) is 85.2 Å². The van der Waals surface area contributed by atoms with E-state index in [1.807, 2.05) is 18.2 Å². The smallest absolute Gasteiger partial charge is 0.323 e. The third-order valence-corrected chi connectivity index (χ3v) is 5.48. The Morgan fingerprint density at radius 3 is 2.53 bits per heavy atom. The van der Waals surface area contributed by atoms with Crippen molar-refractivity contribution in [2.45, 2.75) is 19.9 Å². The van der Waals surface area contributed by atoms with Gasteiger partial charge in [-0.05, 0) is 60.9 Å². The van der Waals surface area contributed by atoms with Crippen LogP contribution in [-0.4, -0.2) is 18.4 Å². The van der Waals surface area contributed by atoms with Gasteiger partial charge in [0, 0.05) is 30.0 Å². The van der Waals surface area contributed by atoms with E-state index in [4.69, 9.17) is 0 Å². The van der Waals surface area contributed by atoms with E-state index < -0.39 is 11.8 Å². The number of nitrogens with zero attached hydrogens (tertiary/aromatic N) is 2. The van der Waals surface area contributed by atoms with Crippen LogP contribution in [0, 0.1) is 17.1 Å². The summed E-state index contributed by atoms with van der Waals surface area (Å²) in [7, 11) is 0. The Balaban J connectivity index is 1.56. The van der Waals surface area contributed by atoms with Crippen LogP contribution < -0.4 is 15.5 Å². The summed E-state index contributed by atoms with van der Waals surface area (Å²) in [4.78, 5) is 26.6. The molecule has 3 aromatic carbocycles. The first-order valence-corrected chi connectivity index (χ1v) is 10.2. The lowest BCUT2D eigenvalue weighted by Gasteiger charge is -2.33. The summed E-state index contributed by atoms with van der Waals surface area (Å²) in [6.45, 7) is 2.67. The maximum Gasteiger partial charge on any atom is 0.323 e. The van der Waals surface area contributed by atoms with Crippen LogP contribution in [0.4, 0.5) is 26.2 Å². The molecule has 0 unspecified atom stereocenters. The van der Waals surface area contributed by atoms with Crippen molar-refractivity contribution in [3.63, 3.8) is 0 Å². The Morgan fingerprint density at radius 1 is 1.03 bits per heavy atom. The van der Waals surface area contributed by atoms with E-state index in [1.165, 1.54) is 19.1 Å². The summed E-state index contributed by atoms with van der Waals surface area (Å²) >= 11 is 0. The van der Waals surface area contributed by atoms with E-state index in [-0.39, 0.29) is 11.5 Å². The lowest BCUT2D eigenvalue weighted by molar-refractivity contribution is 0.101. The molecule has 0 spiro atoms. The van der Waals surface area contributed by atoms with Gasteiger partial charge < -0.3 is 15.5 Å². The number of hydrogen-bond acceptors (Lipinski definition) is 4. The van der Waals surface area contributed by atoms with Crippen LogP contribution in [0.25, 0.3) is 0 Å². The second-order valence-electron chi connectivity index (χ2n) is 7.57. The maximum absolute atomic E-state index is 13.8. The summed E-state index contributed by atoms with van der Waals surface area (Å²) in [5.74, 6) is -0.565. The van der Waals surface area contributed by atoms with Crippen molar-refractivity contribution in [1.29, 1.82) is 5.26 Å². The lowest BCUT2D eigenvalue weighted by atomic mass is 9.96. The molecule has 0 aliphatic carbocycles. The molecule has 0 fully saturated rings. The highest BCUT2D eigenvalue weighted by Gasteiger charge is 2.23. The van der Waals surface area contributed by atoms with E-state index in [0.717, 1.165) is 16.8 Å². The van der Waals surface area contributed by atoms with Crippen molar-refractivity contribution in [3.05, 3.63) is 88.7 Å². The number of carbonyl (C=O) groups excluding carboxylic acids is 2. The first-order chi connectivity index (χ1) is 15.5. The molecule has 0 bridgehead atoms. The molecule has 0 aromatic heterocycles. The normalized spacial score (nSPS) is 12.5. The predicted molar refractivity (Wildman–Crippen MR) is 121 cm³/mol. The second kappa shape index (κ2) is 8.90. The van der Waals surface area contributed by atoms with Crippen molar-refractivity contribution >= 4 is 28.9 Å². The number of halogens is 1. The zero-order chi connectivity index (χ0) is 22.7. The van der Waals surface area contributed by atoms with Gasteiger partial charge in [-0.15, -0.1) is 0 Å². The number of urea groups is 1. The number of nitriles is 1. The first-order valence-electron chi connectivity index (χ1n) is 10.2. The Kier molecular flexibility index (Phi) is 5.86. The highest BCUT2D eigenvalue weighted by atomic mass is 19.1. The van der Waals surface area contributed by atoms with Crippen molar-refractivity contribution in [2.75, 3.05) is 22.1 Å². The lowest BCUT2D eigenvalue weighted by Crippen LogP contribution is -2.32. The van der Waals surface area contributed by atoms with Crippen LogP contribution in [0.1, 0.15) is 34.0 Å². The van der Waals surface area contributed by atoms with Crippen LogP contribution in [0.5, 0.6) is 0 Å². The molecule has 3 aromatic rings. The summed E-state index contributed by atoms with van der Waals surface area (Å²) in [5.41, 5.74) is 4.58. The van der Waals surface area contributed by atoms with Crippen molar-refractivity contribution < 1.29 is 14.0 Å². The standard InChI is InChI=1S/C25H21FN4O2/c1-16(31)19-10-9-17(14-27)13-24(19)30-12-11-20-18(15-30)5-4-8-22(20)28-25(32)29-23-7-3-2-6-21(23)26/h2-10,13H,11-12,15H2,1H3,(H2,28,29,32). The number of benzene rings is 3. The van der Waals surface area contributed by atoms with Crippen LogP contribution in [-0.2, 0) is 13.0 Å². The van der Waals surface area contributed by atoms with Crippen molar-refractivity contribution in [2.24, 2.45) is 0 Å². The van der Waals surface area contributed by atoms with Gasteiger partial charge in [-0.25, -0.2) is 9.18 Å². The first kappa shape index (κ1) is 21.1. The second-order valence-corrected chi connectivity index (χ2v) is 7.57. The molecule has 160 valence electrons. The summed E-state index contributed by atoms with van der Waals surface area (Å²) < 4.78 is 13.8. The van der Waals surface area contributed by atoms with Gasteiger partial charge in [-0.3, -0.25) is 4.79 Å². The molecule has 0 saturated heterocycles. The molecule has 0 atom stereocenters. The number of carbonyl (C=O) groups is 2. The zero-order valence-electron chi connectivity index (χ0n) is 17.5. The summed E-state index contributed by atoms with van der Waals surface area (Å²) in [6, 6.07) is 18.3. The Hall–Kier alpha value is -4.18. The van der Waals surface area contributed by atoms with Crippen molar-refractivity contribution in [3.8, 4) is 6.07 Å². The van der Waals surface area contributed by atoms with E-state index in [2.05, 4.69) is 21.6 Å². The van der Waals surface area contributed by atoms with Crippen LogP contribution >= 0.6 is 0 Å². The van der Waals surface area contributed by atoms with Crippen LogP contribution in [0.15, 0.2) is 60.7 Å². The van der Waals surface area contributed by atoms with Crippen molar-refractivity contribution in [1.82, 2.24) is 0 Å². The fourth-order valence-electron chi connectivity index (χ4n) is 3.93. The number of rotatable bonds is 4. The van der Waals surface area contributed by atoms with E-state index in [1.54, 1.807) is 30.3 Å². The number of para-hydroxylation sites is 1. The molecule has 2 amide bonds. The summed E-state index contributed by atoms with van der Waals surface area (Å²) in [5, 5.41) is 14.6. The van der Waals surface area contributed by atoms with Gasteiger partial charge >= 0.3 is 6.03 Å². The molecule has 0 radical (unpaired) electrons. The Morgan fingerprint density at radius 2 is 1.78 bits per heavy atom. The van der Waals surface area contributed by atoms with Crippen LogP contribution in [0.3, 0.4) is 0 Å². The predicted octanol–water partition coefficient (Wildman–Crippen LogP) is 5.11. The molecular weight excluding hydrogens is 407 g/mol. The van der Waals surface area contributed by atoms with Gasteiger partial charge in [0.2, 0.25) is 0 Å². The highest BCUT2D eigenvalue weighted by molar-refractivity contribution is 6.01. The SMILES string of the molecule is CC(=O)c1ccc(C#N)cc1N1CCc2c(cccc2NC(=O)Nc2ccccc2F)C1. The zero-order valence-corrected chi connectivity index (χ0v) is 17.5. The van der Waals surface area contributed by atoms with E-state index >= 15 is 0 Å². The minimum Gasteiger partial charge on any atom is -0.366 e.